The Morgan fingerprint density at radius 3 is 2.41 bits per heavy atom. The van der Waals surface area contributed by atoms with Gasteiger partial charge in [-0.25, -0.2) is 9.86 Å². The molecule has 22 heavy (non-hydrogen) atoms. The summed E-state index contributed by atoms with van der Waals surface area (Å²) in [5.74, 6) is -0.783. The number of ketones is 1. The summed E-state index contributed by atoms with van der Waals surface area (Å²) in [6, 6.07) is 9.65. The van der Waals surface area contributed by atoms with Gasteiger partial charge in [-0.05, 0) is 20.8 Å². The van der Waals surface area contributed by atoms with E-state index < -0.39 is 5.97 Å². The van der Waals surface area contributed by atoms with Gasteiger partial charge in [-0.3, -0.25) is 4.79 Å². The number of hydrogen-bond acceptors (Lipinski definition) is 5. The van der Waals surface area contributed by atoms with E-state index in [1.165, 1.54) is 6.92 Å². The van der Waals surface area contributed by atoms with Gasteiger partial charge >= 0.3 is 5.97 Å². The summed E-state index contributed by atoms with van der Waals surface area (Å²) in [4.78, 5) is 29.6. The Balaban J connectivity index is 2.57. The molecule has 0 atom stereocenters. The second kappa shape index (κ2) is 6.47. The third kappa shape index (κ3) is 2.88. The van der Waals surface area contributed by atoms with Gasteiger partial charge in [0, 0.05) is 18.2 Å². The zero-order chi connectivity index (χ0) is 16.3. The van der Waals surface area contributed by atoms with Gasteiger partial charge in [0.15, 0.2) is 11.5 Å². The highest BCUT2D eigenvalue weighted by molar-refractivity contribution is 6.17. The Kier molecular flexibility index (Phi) is 4.65. The molecule has 0 saturated heterocycles. The molecule has 0 fully saturated rings. The molecule has 5 nitrogen and oxygen atoms in total. The molecule has 0 bridgehead atoms. The van der Waals surface area contributed by atoms with Crippen molar-refractivity contribution in [3.63, 3.8) is 0 Å². The number of Topliss-reactive ketones (excluding diaryl/α,β-unsaturated/α-hetero) is 1. The van der Waals surface area contributed by atoms with E-state index in [9.17, 15) is 9.59 Å². The smallest absolute Gasteiger partial charge is 0.345 e. The first-order chi connectivity index (χ1) is 10.5. The maximum Gasteiger partial charge on any atom is 0.345 e. The molecule has 0 saturated carbocycles. The zero-order valence-electron chi connectivity index (χ0n) is 13.2. The minimum Gasteiger partial charge on any atom is -0.462 e. The SMILES string of the molecule is CCOC(=O)/C(C(C)=O)=C1\ON(C)C(c2ccccc2)=C1C. The van der Waals surface area contributed by atoms with Crippen molar-refractivity contribution in [2.75, 3.05) is 13.7 Å². The summed E-state index contributed by atoms with van der Waals surface area (Å²) in [6.45, 7) is 5.05. The van der Waals surface area contributed by atoms with E-state index in [4.69, 9.17) is 9.57 Å². The van der Waals surface area contributed by atoms with Crippen molar-refractivity contribution in [3.05, 3.63) is 52.8 Å². The molecule has 1 aromatic rings. The predicted octanol–water partition coefficient (Wildman–Crippen LogP) is 2.70. The largest absolute Gasteiger partial charge is 0.462 e. The number of allylic oxidation sites excluding steroid dienone is 1. The van der Waals surface area contributed by atoms with Crippen molar-refractivity contribution in [1.82, 2.24) is 5.06 Å². The molecular formula is C17H19NO4. The van der Waals surface area contributed by atoms with Crippen LogP contribution in [0.15, 0.2) is 47.2 Å². The quantitative estimate of drug-likeness (QED) is 0.370. The van der Waals surface area contributed by atoms with Crippen LogP contribution in [0.3, 0.4) is 0 Å². The van der Waals surface area contributed by atoms with E-state index in [1.54, 1.807) is 19.0 Å². The van der Waals surface area contributed by atoms with E-state index in [0.717, 1.165) is 16.8 Å². The van der Waals surface area contributed by atoms with Crippen LogP contribution in [0.25, 0.3) is 5.70 Å². The molecule has 1 aromatic carbocycles. The van der Waals surface area contributed by atoms with Gasteiger partial charge in [0.1, 0.15) is 5.57 Å². The number of ether oxygens (including phenoxy) is 1. The fourth-order valence-electron chi connectivity index (χ4n) is 2.42. The Labute approximate surface area is 129 Å². The van der Waals surface area contributed by atoms with Crippen molar-refractivity contribution in [2.24, 2.45) is 0 Å². The Hall–Kier alpha value is -2.56. The second-order valence-electron chi connectivity index (χ2n) is 4.91. The van der Waals surface area contributed by atoms with Crippen LogP contribution in [0.4, 0.5) is 0 Å². The van der Waals surface area contributed by atoms with Gasteiger partial charge in [-0.15, -0.1) is 0 Å². The summed E-state index contributed by atoms with van der Waals surface area (Å²) in [5.41, 5.74) is 2.44. The fourth-order valence-corrected chi connectivity index (χ4v) is 2.42. The standard InChI is InChI=1S/C17H19NO4/c1-5-21-17(20)14(12(3)19)16-11(2)15(18(4)22-16)13-9-7-6-8-10-13/h6-10H,5H2,1-4H3/b16-14-. The van der Waals surface area contributed by atoms with Crippen LogP contribution >= 0.6 is 0 Å². The monoisotopic (exact) mass is 301 g/mol. The molecular weight excluding hydrogens is 282 g/mol. The minimum atomic E-state index is -0.660. The number of carbonyl (C=O) groups is 2. The van der Waals surface area contributed by atoms with Crippen molar-refractivity contribution in [1.29, 1.82) is 0 Å². The predicted molar refractivity (Wildman–Crippen MR) is 82.2 cm³/mol. The van der Waals surface area contributed by atoms with Crippen molar-refractivity contribution >= 4 is 17.4 Å². The topological polar surface area (TPSA) is 55.8 Å². The highest BCUT2D eigenvalue weighted by Gasteiger charge is 2.32. The van der Waals surface area contributed by atoms with Gasteiger partial charge in [0.2, 0.25) is 0 Å². The fraction of sp³-hybridized carbons (Fsp3) is 0.294. The zero-order valence-corrected chi connectivity index (χ0v) is 13.2. The van der Waals surface area contributed by atoms with Crippen LogP contribution < -0.4 is 0 Å². The summed E-state index contributed by atoms with van der Waals surface area (Å²) in [6.07, 6.45) is 0. The van der Waals surface area contributed by atoms with Gasteiger partial charge in [-0.1, -0.05) is 30.3 Å². The number of benzene rings is 1. The van der Waals surface area contributed by atoms with Crippen molar-refractivity contribution < 1.29 is 19.2 Å². The number of hydroxylamine groups is 2. The number of rotatable bonds is 4. The van der Waals surface area contributed by atoms with Crippen LogP contribution in [0.2, 0.25) is 0 Å². The molecule has 1 aliphatic rings. The lowest BCUT2D eigenvalue weighted by Gasteiger charge is -2.15. The van der Waals surface area contributed by atoms with E-state index in [2.05, 4.69) is 0 Å². The normalized spacial score (nSPS) is 16.5. The number of hydrogen-bond donors (Lipinski definition) is 0. The molecule has 0 spiro atoms. The average molecular weight is 301 g/mol. The van der Waals surface area contributed by atoms with E-state index in [0.29, 0.717) is 0 Å². The number of esters is 1. The molecule has 5 heteroatoms. The van der Waals surface area contributed by atoms with E-state index in [-0.39, 0.29) is 23.7 Å². The average Bonchev–Trinajstić information content (AvgIpc) is 2.75. The lowest BCUT2D eigenvalue weighted by atomic mass is 10.0. The third-order valence-electron chi connectivity index (χ3n) is 3.34. The Morgan fingerprint density at radius 1 is 1.23 bits per heavy atom. The van der Waals surface area contributed by atoms with Crippen LogP contribution in [-0.4, -0.2) is 30.5 Å². The van der Waals surface area contributed by atoms with Crippen LogP contribution in [0.5, 0.6) is 0 Å². The first-order valence-electron chi connectivity index (χ1n) is 7.08. The minimum absolute atomic E-state index is 0.0582. The molecule has 2 rings (SSSR count). The van der Waals surface area contributed by atoms with Crippen LogP contribution in [-0.2, 0) is 19.2 Å². The molecule has 0 aromatic heterocycles. The molecule has 0 amide bonds. The van der Waals surface area contributed by atoms with Crippen molar-refractivity contribution in [3.8, 4) is 0 Å². The summed E-state index contributed by atoms with van der Waals surface area (Å²) >= 11 is 0. The number of nitrogens with zero attached hydrogens (tertiary/aromatic N) is 1. The molecule has 1 aliphatic heterocycles. The summed E-state index contributed by atoms with van der Waals surface area (Å²) in [5, 5.41) is 1.56. The highest BCUT2D eigenvalue weighted by Crippen LogP contribution is 2.36. The first kappa shape index (κ1) is 15.8. The summed E-state index contributed by atoms with van der Waals surface area (Å²) < 4.78 is 4.96. The van der Waals surface area contributed by atoms with E-state index >= 15 is 0 Å². The summed E-state index contributed by atoms with van der Waals surface area (Å²) in [7, 11) is 1.74. The van der Waals surface area contributed by atoms with E-state index in [1.807, 2.05) is 37.3 Å². The maximum absolute atomic E-state index is 12.0. The molecule has 1 heterocycles. The lowest BCUT2D eigenvalue weighted by Crippen LogP contribution is -2.18. The van der Waals surface area contributed by atoms with Crippen LogP contribution in [0.1, 0.15) is 26.3 Å². The third-order valence-corrected chi connectivity index (χ3v) is 3.34. The molecule has 0 N–H and O–H groups in total. The molecule has 116 valence electrons. The highest BCUT2D eigenvalue weighted by atomic mass is 16.7. The number of carbonyl (C=O) groups excluding carboxylic acids is 2. The van der Waals surface area contributed by atoms with Gasteiger partial charge in [0.25, 0.3) is 0 Å². The van der Waals surface area contributed by atoms with Gasteiger partial charge in [-0.2, -0.15) is 0 Å². The van der Waals surface area contributed by atoms with Gasteiger partial charge < -0.3 is 9.57 Å². The molecule has 0 radical (unpaired) electrons. The Morgan fingerprint density at radius 2 is 1.86 bits per heavy atom. The van der Waals surface area contributed by atoms with Crippen molar-refractivity contribution in [2.45, 2.75) is 20.8 Å². The first-order valence-corrected chi connectivity index (χ1v) is 7.08. The lowest BCUT2D eigenvalue weighted by molar-refractivity contribution is -0.140. The van der Waals surface area contributed by atoms with Gasteiger partial charge in [0.05, 0.1) is 12.3 Å². The maximum atomic E-state index is 12.0. The van der Waals surface area contributed by atoms with Crippen LogP contribution in [0, 0.1) is 0 Å². The second-order valence-corrected chi connectivity index (χ2v) is 4.91. The molecule has 0 aliphatic carbocycles. The molecule has 0 unspecified atom stereocenters. The Bertz CT molecular complexity index is 658.